The molecule has 1 fully saturated rings. The average molecular weight is 272 g/mol. The molecule has 1 aliphatic rings. The van der Waals surface area contributed by atoms with E-state index in [1.807, 2.05) is 18.2 Å². The van der Waals surface area contributed by atoms with Gasteiger partial charge in [0.15, 0.2) is 0 Å². The number of nitrogens with zero attached hydrogens (tertiary/aromatic N) is 1. The number of nitrogens with one attached hydrogen (secondary N) is 1. The van der Waals surface area contributed by atoms with Crippen molar-refractivity contribution in [3.8, 4) is 11.8 Å². The van der Waals surface area contributed by atoms with Gasteiger partial charge in [0.25, 0.3) is 0 Å². The molecule has 108 valence electrons. The molecule has 0 heterocycles. The molecular weight excluding hydrogens is 248 g/mol. The van der Waals surface area contributed by atoms with E-state index in [4.69, 9.17) is 4.74 Å². The van der Waals surface area contributed by atoms with Crippen molar-refractivity contribution in [2.75, 3.05) is 6.61 Å². The topological polar surface area (TPSA) is 45.0 Å². The molecule has 1 saturated carbocycles. The number of ether oxygens (including phenoxy) is 1. The van der Waals surface area contributed by atoms with Crippen LogP contribution in [0.1, 0.15) is 39.2 Å². The maximum Gasteiger partial charge on any atom is 0.144 e. The first kappa shape index (κ1) is 14.9. The van der Waals surface area contributed by atoms with Gasteiger partial charge in [0.2, 0.25) is 0 Å². The fourth-order valence-electron chi connectivity index (χ4n) is 2.65. The van der Waals surface area contributed by atoms with E-state index in [2.05, 4.69) is 38.2 Å². The Hall–Kier alpha value is -1.53. The summed E-state index contributed by atoms with van der Waals surface area (Å²) >= 11 is 0. The minimum Gasteiger partial charge on any atom is -0.490 e. The van der Waals surface area contributed by atoms with Gasteiger partial charge in [-0.2, -0.15) is 5.26 Å². The van der Waals surface area contributed by atoms with Crippen molar-refractivity contribution in [2.45, 2.75) is 51.6 Å². The lowest BCUT2D eigenvalue weighted by Crippen LogP contribution is -2.53. The van der Waals surface area contributed by atoms with Gasteiger partial charge in [-0.25, -0.2) is 0 Å². The molecule has 0 saturated heterocycles. The number of hydrogen-bond donors (Lipinski definition) is 1. The highest BCUT2D eigenvalue weighted by Crippen LogP contribution is 2.40. The number of para-hydroxylation sites is 1. The number of benzene rings is 1. The minimum absolute atomic E-state index is 0.278. The summed E-state index contributed by atoms with van der Waals surface area (Å²) in [5.41, 5.74) is 0.648. The van der Waals surface area contributed by atoms with Gasteiger partial charge < -0.3 is 4.74 Å². The average Bonchev–Trinajstić information content (AvgIpc) is 3.28. The zero-order valence-electron chi connectivity index (χ0n) is 12.6. The van der Waals surface area contributed by atoms with E-state index in [0.717, 1.165) is 25.0 Å². The fraction of sp³-hybridized carbons (Fsp3) is 0.588. The molecule has 3 nitrogen and oxygen atoms in total. The monoisotopic (exact) mass is 272 g/mol. The van der Waals surface area contributed by atoms with Crippen LogP contribution in [0.4, 0.5) is 0 Å². The Bertz CT molecular complexity index is 488. The molecule has 0 radical (unpaired) electrons. The quantitative estimate of drug-likeness (QED) is 0.828. The maximum absolute atomic E-state index is 9.65. The zero-order valence-corrected chi connectivity index (χ0v) is 12.6. The first-order valence-corrected chi connectivity index (χ1v) is 7.51. The van der Waals surface area contributed by atoms with E-state index in [9.17, 15) is 5.26 Å². The van der Waals surface area contributed by atoms with E-state index in [1.165, 1.54) is 5.56 Å². The highest BCUT2D eigenvalue weighted by Gasteiger charge is 2.46. The predicted molar refractivity (Wildman–Crippen MR) is 80.7 cm³/mol. The lowest BCUT2D eigenvalue weighted by molar-refractivity contribution is 0.191. The van der Waals surface area contributed by atoms with E-state index in [-0.39, 0.29) is 6.04 Å². The van der Waals surface area contributed by atoms with Crippen LogP contribution in [0.5, 0.6) is 5.75 Å². The predicted octanol–water partition coefficient (Wildman–Crippen LogP) is 3.30. The molecule has 1 N–H and O–H groups in total. The van der Waals surface area contributed by atoms with Crippen LogP contribution in [-0.2, 0) is 6.42 Å². The molecule has 0 bridgehead atoms. The number of rotatable bonds is 7. The van der Waals surface area contributed by atoms with Crippen molar-refractivity contribution in [1.82, 2.24) is 5.32 Å². The zero-order chi connectivity index (χ0) is 14.6. The van der Waals surface area contributed by atoms with Gasteiger partial charge in [-0.3, -0.25) is 5.32 Å². The Labute approximate surface area is 121 Å². The third kappa shape index (κ3) is 3.32. The van der Waals surface area contributed by atoms with E-state index in [0.29, 0.717) is 12.5 Å². The summed E-state index contributed by atoms with van der Waals surface area (Å²) in [6.07, 6.45) is 3.18. The van der Waals surface area contributed by atoms with Crippen molar-refractivity contribution < 1.29 is 4.74 Å². The fourth-order valence-corrected chi connectivity index (χ4v) is 2.65. The third-order valence-corrected chi connectivity index (χ3v) is 3.83. The smallest absolute Gasteiger partial charge is 0.144 e. The first-order valence-electron chi connectivity index (χ1n) is 7.51. The molecule has 0 amide bonds. The second kappa shape index (κ2) is 6.28. The highest BCUT2D eigenvalue weighted by molar-refractivity contribution is 5.33. The molecule has 1 atom stereocenters. The molecule has 0 aromatic heterocycles. The Morgan fingerprint density at radius 1 is 1.40 bits per heavy atom. The maximum atomic E-state index is 9.65. The highest BCUT2D eigenvalue weighted by atomic mass is 16.5. The first-order chi connectivity index (χ1) is 9.61. The van der Waals surface area contributed by atoms with Gasteiger partial charge in [-0.15, -0.1) is 0 Å². The van der Waals surface area contributed by atoms with Crippen molar-refractivity contribution in [1.29, 1.82) is 5.26 Å². The van der Waals surface area contributed by atoms with Gasteiger partial charge in [0.05, 0.1) is 6.07 Å². The van der Waals surface area contributed by atoms with E-state index >= 15 is 0 Å². The van der Waals surface area contributed by atoms with Gasteiger partial charge in [-0.05, 0) is 50.7 Å². The van der Waals surface area contributed by atoms with E-state index < -0.39 is 5.54 Å². The summed E-state index contributed by atoms with van der Waals surface area (Å²) in [6.45, 7) is 6.69. The second-order valence-electron chi connectivity index (χ2n) is 5.91. The normalized spacial score (nSPS) is 17.6. The largest absolute Gasteiger partial charge is 0.490 e. The molecule has 0 spiro atoms. The number of nitriles is 1. The molecule has 1 aromatic rings. The van der Waals surface area contributed by atoms with Gasteiger partial charge in [0, 0.05) is 6.04 Å². The van der Waals surface area contributed by atoms with Crippen LogP contribution >= 0.6 is 0 Å². The lowest BCUT2D eigenvalue weighted by Gasteiger charge is -2.30. The van der Waals surface area contributed by atoms with Crippen LogP contribution in [0.25, 0.3) is 0 Å². The molecule has 1 unspecified atom stereocenters. The third-order valence-electron chi connectivity index (χ3n) is 3.83. The van der Waals surface area contributed by atoms with Crippen LogP contribution in [-0.4, -0.2) is 18.2 Å². The molecule has 1 aliphatic carbocycles. The second-order valence-corrected chi connectivity index (χ2v) is 5.91. The summed E-state index contributed by atoms with van der Waals surface area (Å²) < 4.78 is 6.00. The van der Waals surface area contributed by atoms with Gasteiger partial charge in [-0.1, -0.05) is 25.1 Å². The Balaban J connectivity index is 2.11. The molecular formula is C17H24N2O. The van der Waals surface area contributed by atoms with Gasteiger partial charge in [0.1, 0.15) is 17.9 Å². The Morgan fingerprint density at radius 3 is 2.65 bits per heavy atom. The lowest BCUT2D eigenvalue weighted by atomic mass is 9.95. The Morgan fingerprint density at radius 2 is 2.10 bits per heavy atom. The van der Waals surface area contributed by atoms with Crippen LogP contribution in [0, 0.1) is 17.2 Å². The molecule has 0 aliphatic heterocycles. The Kier molecular flexibility index (Phi) is 4.67. The summed E-state index contributed by atoms with van der Waals surface area (Å²) in [4.78, 5) is 0. The van der Waals surface area contributed by atoms with Crippen molar-refractivity contribution in [3.63, 3.8) is 0 Å². The van der Waals surface area contributed by atoms with Gasteiger partial charge >= 0.3 is 0 Å². The van der Waals surface area contributed by atoms with E-state index in [1.54, 1.807) is 0 Å². The molecule has 2 rings (SSSR count). The van der Waals surface area contributed by atoms with Crippen LogP contribution < -0.4 is 10.1 Å². The molecule has 20 heavy (non-hydrogen) atoms. The summed E-state index contributed by atoms with van der Waals surface area (Å²) in [7, 11) is 0. The van der Waals surface area contributed by atoms with Crippen molar-refractivity contribution >= 4 is 0 Å². The van der Waals surface area contributed by atoms with Crippen molar-refractivity contribution in [3.05, 3.63) is 29.8 Å². The van der Waals surface area contributed by atoms with Crippen molar-refractivity contribution in [2.24, 2.45) is 5.92 Å². The van der Waals surface area contributed by atoms with Crippen LogP contribution in [0.15, 0.2) is 24.3 Å². The molecule has 3 heteroatoms. The summed E-state index contributed by atoms with van der Waals surface area (Å²) in [5, 5.41) is 13.1. The van der Waals surface area contributed by atoms with Crippen LogP contribution in [0.3, 0.4) is 0 Å². The van der Waals surface area contributed by atoms with Crippen LogP contribution in [0.2, 0.25) is 0 Å². The summed E-state index contributed by atoms with van der Waals surface area (Å²) in [5.74, 6) is 1.32. The SMILES string of the molecule is CCc1ccccc1OCC(C#N)(NC(C)C)C1CC1. The number of hydrogen-bond acceptors (Lipinski definition) is 3. The standard InChI is InChI=1S/C17H24N2O/c1-4-14-7-5-6-8-16(14)20-12-17(11-18,15-9-10-15)19-13(2)3/h5-8,13,15,19H,4,9-10,12H2,1-3H3. The summed E-state index contributed by atoms with van der Waals surface area (Å²) in [6, 6.07) is 10.8. The molecule has 1 aromatic carbocycles. The number of aryl methyl sites for hydroxylation is 1. The minimum atomic E-state index is -0.547.